The van der Waals surface area contributed by atoms with Gasteiger partial charge in [0.1, 0.15) is 11.5 Å². The third-order valence-electron chi connectivity index (χ3n) is 6.57. The first-order valence-electron chi connectivity index (χ1n) is 13.0. The molecule has 0 radical (unpaired) electrons. The Hall–Kier alpha value is -3.72. The van der Waals surface area contributed by atoms with Crippen LogP contribution in [0.25, 0.3) is 5.76 Å². The van der Waals surface area contributed by atoms with E-state index < -0.39 is 17.7 Å². The number of aryl methyl sites for hydroxylation is 1. The maximum atomic E-state index is 13.4. The molecular formula is C30H40N2O7. The molecule has 9 heteroatoms. The smallest absolute Gasteiger partial charge is 0.295 e. The molecule has 0 aliphatic carbocycles. The third-order valence-corrected chi connectivity index (χ3v) is 6.57. The molecule has 9 nitrogen and oxygen atoms in total. The molecule has 0 unspecified atom stereocenters. The lowest BCUT2D eigenvalue weighted by Gasteiger charge is -2.27. The van der Waals surface area contributed by atoms with E-state index in [0.29, 0.717) is 59.6 Å². The molecule has 0 aromatic heterocycles. The van der Waals surface area contributed by atoms with Crippen LogP contribution in [0.15, 0.2) is 35.9 Å². The molecule has 1 saturated heterocycles. The van der Waals surface area contributed by atoms with Gasteiger partial charge in [0.05, 0.1) is 39.6 Å². The number of ketones is 1. The number of amides is 1. The summed E-state index contributed by atoms with van der Waals surface area (Å²) in [5.41, 5.74) is 1.80. The number of likely N-dealkylation sites (tertiary alicyclic amines) is 1. The van der Waals surface area contributed by atoms with Gasteiger partial charge >= 0.3 is 0 Å². The lowest BCUT2D eigenvalue weighted by Crippen LogP contribution is -2.32. The summed E-state index contributed by atoms with van der Waals surface area (Å²) >= 11 is 0. The summed E-state index contributed by atoms with van der Waals surface area (Å²) in [6, 6.07) is 7.80. The summed E-state index contributed by atoms with van der Waals surface area (Å²) in [6.45, 7) is 7.62. The molecule has 0 spiro atoms. The Kier molecular flexibility index (Phi) is 9.86. The van der Waals surface area contributed by atoms with Crippen LogP contribution in [0.1, 0.15) is 43.0 Å². The van der Waals surface area contributed by atoms with Crippen LogP contribution < -0.4 is 18.9 Å². The molecule has 1 N–H and O–H groups in total. The number of benzene rings is 2. The van der Waals surface area contributed by atoms with Crippen molar-refractivity contribution in [3.05, 3.63) is 52.6 Å². The normalized spacial score (nSPS) is 16.8. The Morgan fingerprint density at radius 1 is 1.00 bits per heavy atom. The number of carbonyl (C=O) groups is 2. The van der Waals surface area contributed by atoms with Crippen molar-refractivity contribution in [1.29, 1.82) is 0 Å². The number of hydrogen-bond acceptors (Lipinski definition) is 8. The van der Waals surface area contributed by atoms with Crippen molar-refractivity contribution in [1.82, 2.24) is 9.80 Å². The average molecular weight is 541 g/mol. The minimum atomic E-state index is -0.849. The fraction of sp³-hybridized carbons (Fsp3) is 0.467. The number of aliphatic hydroxyl groups excluding tert-OH is 1. The molecule has 1 heterocycles. The van der Waals surface area contributed by atoms with E-state index in [-0.39, 0.29) is 11.3 Å². The minimum Gasteiger partial charge on any atom is -0.507 e. The first-order chi connectivity index (χ1) is 18.5. The molecule has 3 rings (SSSR count). The zero-order chi connectivity index (χ0) is 28.9. The summed E-state index contributed by atoms with van der Waals surface area (Å²) in [5, 5.41) is 11.5. The molecule has 0 saturated carbocycles. The maximum absolute atomic E-state index is 13.4. The van der Waals surface area contributed by atoms with Crippen LogP contribution in [0, 0.1) is 12.8 Å². The number of carbonyl (C=O) groups excluding carboxylic acids is 2. The maximum Gasteiger partial charge on any atom is 0.295 e. The molecule has 1 amide bonds. The van der Waals surface area contributed by atoms with E-state index in [1.165, 1.54) is 26.2 Å². The standard InChI is InChI=1S/C30H40N2O7/c1-18(2)17-39-22-11-10-20(14-19(22)3)27(33)25-26(32(30(35)28(25)34)13-9-12-31(4)5)21-15-23(36-6)29(38-8)24(16-21)37-7/h10-11,14-16,18,26,33H,9,12-13,17H2,1-8H3/t26-/m0/s1. The van der Waals surface area contributed by atoms with Crippen LogP contribution in [0.2, 0.25) is 0 Å². The van der Waals surface area contributed by atoms with Gasteiger partial charge in [-0.1, -0.05) is 13.8 Å². The number of Topliss-reactive ketones (excluding diaryl/α,β-unsaturated/α-hetero) is 1. The van der Waals surface area contributed by atoms with Crippen molar-refractivity contribution < 1.29 is 33.6 Å². The van der Waals surface area contributed by atoms with Gasteiger partial charge in [-0.15, -0.1) is 0 Å². The molecule has 39 heavy (non-hydrogen) atoms. The summed E-state index contributed by atoms with van der Waals surface area (Å²) in [7, 11) is 8.40. The van der Waals surface area contributed by atoms with Gasteiger partial charge in [0, 0.05) is 12.1 Å². The van der Waals surface area contributed by atoms with Crippen molar-refractivity contribution >= 4 is 17.4 Å². The number of ether oxygens (including phenoxy) is 4. The minimum absolute atomic E-state index is 0.00868. The molecule has 2 aromatic carbocycles. The molecule has 1 fully saturated rings. The van der Waals surface area contributed by atoms with Crippen LogP contribution in [-0.2, 0) is 9.59 Å². The lowest BCUT2D eigenvalue weighted by atomic mass is 9.94. The predicted molar refractivity (Wildman–Crippen MR) is 150 cm³/mol. The van der Waals surface area contributed by atoms with Crippen molar-refractivity contribution in [3.63, 3.8) is 0 Å². The van der Waals surface area contributed by atoms with E-state index in [1.807, 2.05) is 25.9 Å². The Balaban J connectivity index is 2.17. The Labute approximate surface area is 230 Å². The molecular weight excluding hydrogens is 500 g/mol. The second-order valence-corrected chi connectivity index (χ2v) is 10.3. The fourth-order valence-electron chi connectivity index (χ4n) is 4.64. The first kappa shape index (κ1) is 29.8. The molecule has 1 aliphatic rings. The van der Waals surface area contributed by atoms with E-state index >= 15 is 0 Å². The Bertz CT molecular complexity index is 1210. The van der Waals surface area contributed by atoms with Gasteiger partial charge in [-0.05, 0) is 81.4 Å². The highest BCUT2D eigenvalue weighted by atomic mass is 16.5. The van der Waals surface area contributed by atoms with E-state index in [2.05, 4.69) is 13.8 Å². The highest BCUT2D eigenvalue weighted by Crippen LogP contribution is 2.46. The van der Waals surface area contributed by atoms with Crippen molar-refractivity contribution in [2.75, 3.05) is 55.1 Å². The number of aliphatic hydroxyl groups is 1. The summed E-state index contributed by atoms with van der Waals surface area (Å²) in [6.07, 6.45) is 0.641. The molecule has 1 atom stereocenters. The summed E-state index contributed by atoms with van der Waals surface area (Å²) < 4.78 is 22.4. The number of methoxy groups -OCH3 is 3. The van der Waals surface area contributed by atoms with E-state index in [0.717, 1.165) is 12.1 Å². The number of nitrogens with zero attached hydrogens (tertiary/aromatic N) is 2. The van der Waals surface area contributed by atoms with Gasteiger partial charge in [-0.2, -0.15) is 0 Å². The van der Waals surface area contributed by atoms with Crippen LogP contribution in [-0.4, -0.2) is 81.7 Å². The van der Waals surface area contributed by atoms with E-state index in [1.54, 1.807) is 30.3 Å². The van der Waals surface area contributed by atoms with Crippen molar-refractivity contribution in [3.8, 4) is 23.0 Å². The second-order valence-electron chi connectivity index (χ2n) is 10.3. The van der Waals surface area contributed by atoms with E-state index in [4.69, 9.17) is 18.9 Å². The highest BCUT2D eigenvalue weighted by Gasteiger charge is 2.46. The second kappa shape index (κ2) is 12.9. The number of rotatable bonds is 12. The van der Waals surface area contributed by atoms with Gasteiger partial charge in [-0.3, -0.25) is 9.59 Å². The van der Waals surface area contributed by atoms with Gasteiger partial charge in [0.15, 0.2) is 11.5 Å². The van der Waals surface area contributed by atoms with Gasteiger partial charge in [0.25, 0.3) is 11.7 Å². The van der Waals surface area contributed by atoms with Gasteiger partial charge in [0.2, 0.25) is 5.75 Å². The first-order valence-corrected chi connectivity index (χ1v) is 13.0. The zero-order valence-electron chi connectivity index (χ0n) is 24.2. The Morgan fingerprint density at radius 3 is 2.15 bits per heavy atom. The largest absolute Gasteiger partial charge is 0.507 e. The fourth-order valence-corrected chi connectivity index (χ4v) is 4.64. The van der Waals surface area contributed by atoms with Gasteiger partial charge in [-0.25, -0.2) is 0 Å². The molecule has 2 aromatic rings. The summed E-state index contributed by atoms with van der Waals surface area (Å²) in [4.78, 5) is 30.3. The van der Waals surface area contributed by atoms with Gasteiger partial charge < -0.3 is 33.9 Å². The molecule has 0 bridgehead atoms. The Morgan fingerprint density at radius 2 is 1.64 bits per heavy atom. The van der Waals surface area contributed by atoms with Crippen molar-refractivity contribution in [2.24, 2.45) is 5.92 Å². The van der Waals surface area contributed by atoms with Crippen LogP contribution in [0.3, 0.4) is 0 Å². The van der Waals surface area contributed by atoms with Crippen LogP contribution in [0.5, 0.6) is 23.0 Å². The van der Waals surface area contributed by atoms with Crippen LogP contribution in [0.4, 0.5) is 0 Å². The lowest BCUT2D eigenvalue weighted by molar-refractivity contribution is -0.139. The third kappa shape index (κ3) is 6.47. The van der Waals surface area contributed by atoms with Crippen molar-refractivity contribution in [2.45, 2.75) is 33.2 Å². The quantitative estimate of drug-likeness (QED) is 0.240. The highest BCUT2D eigenvalue weighted by molar-refractivity contribution is 6.46. The average Bonchev–Trinajstić information content (AvgIpc) is 3.15. The van der Waals surface area contributed by atoms with Crippen LogP contribution >= 0.6 is 0 Å². The molecule has 212 valence electrons. The SMILES string of the molecule is COc1cc([C@H]2C(=C(O)c3ccc(OCC(C)C)c(C)c3)C(=O)C(=O)N2CCCN(C)C)cc(OC)c1OC. The summed E-state index contributed by atoms with van der Waals surface area (Å²) in [5.74, 6) is 0.560. The predicted octanol–water partition coefficient (Wildman–Crippen LogP) is 4.43. The number of hydrogen-bond donors (Lipinski definition) is 1. The zero-order valence-corrected chi connectivity index (χ0v) is 24.2. The van der Waals surface area contributed by atoms with E-state index in [9.17, 15) is 14.7 Å². The topological polar surface area (TPSA) is 97.8 Å². The monoisotopic (exact) mass is 540 g/mol. The molecule has 1 aliphatic heterocycles.